The number of amides is 1. The van der Waals surface area contributed by atoms with E-state index >= 15 is 0 Å². The van der Waals surface area contributed by atoms with E-state index in [0.717, 1.165) is 6.42 Å². The van der Waals surface area contributed by atoms with Crippen LogP contribution in [0.3, 0.4) is 0 Å². The largest absolute Gasteiger partial charge is 0.373 e. The van der Waals surface area contributed by atoms with Gasteiger partial charge >= 0.3 is 0 Å². The van der Waals surface area contributed by atoms with Gasteiger partial charge in [-0.05, 0) is 61.6 Å². The van der Waals surface area contributed by atoms with E-state index in [1.54, 1.807) is 4.90 Å². The van der Waals surface area contributed by atoms with Crippen LogP contribution in [0, 0.1) is 0 Å². The first-order chi connectivity index (χ1) is 9.35. The van der Waals surface area contributed by atoms with Gasteiger partial charge in [0.05, 0.1) is 24.5 Å². The van der Waals surface area contributed by atoms with Gasteiger partial charge in [-0.3, -0.25) is 4.79 Å². The average molecular weight is 319 g/mol. The first-order valence-corrected chi connectivity index (χ1v) is 9.53. The number of carbonyl (C=O) groups excluding carboxylic acids is 1. The molecule has 0 aliphatic carbocycles. The summed E-state index contributed by atoms with van der Waals surface area (Å²) in [5, 5.41) is 0. The van der Waals surface area contributed by atoms with E-state index in [4.69, 9.17) is 9.26 Å². The van der Waals surface area contributed by atoms with Gasteiger partial charge in [0.1, 0.15) is 0 Å². The number of hydrogen-bond acceptors (Lipinski definition) is 3. The molecule has 0 aromatic heterocycles. The number of hydrogen-bond donors (Lipinski definition) is 0. The van der Waals surface area contributed by atoms with Crippen LogP contribution in [-0.4, -0.2) is 54.5 Å². The SMILES string of the molecule is CC(C)OC(C)(C)CCOP(C)CC(=O)N(C)C(C)(C)C. The van der Waals surface area contributed by atoms with Crippen LogP contribution in [0.1, 0.15) is 54.9 Å². The molecule has 21 heavy (non-hydrogen) atoms. The van der Waals surface area contributed by atoms with Crippen molar-refractivity contribution in [1.82, 2.24) is 4.90 Å². The molecule has 0 aromatic rings. The van der Waals surface area contributed by atoms with Gasteiger partial charge in [-0.15, -0.1) is 0 Å². The zero-order chi connectivity index (χ0) is 16.8. The molecule has 0 N–H and O–H groups in total. The van der Waals surface area contributed by atoms with Gasteiger partial charge in [0.25, 0.3) is 0 Å². The molecule has 126 valence electrons. The fourth-order valence-electron chi connectivity index (χ4n) is 1.86. The lowest BCUT2D eigenvalue weighted by molar-refractivity contribution is -0.131. The number of ether oxygens (including phenoxy) is 1. The minimum absolute atomic E-state index is 0.139. The lowest BCUT2D eigenvalue weighted by atomic mass is 10.1. The van der Waals surface area contributed by atoms with Gasteiger partial charge in [0.2, 0.25) is 5.91 Å². The zero-order valence-electron chi connectivity index (χ0n) is 15.3. The normalized spacial score (nSPS) is 14.4. The summed E-state index contributed by atoms with van der Waals surface area (Å²) in [7, 11) is 1.13. The van der Waals surface area contributed by atoms with Gasteiger partial charge in [0.15, 0.2) is 0 Å². The molecular formula is C16H34NO3P. The maximum absolute atomic E-state index is 12.1. The molecule has 0 aliphatic rings. The molecule has 0 rings (SSSR count). The molecular weight excluding hydrogens is 285 g/mol. The van der Waals surface area contributed by atoms with E-state index in [-0.39, 0.29) is 23.2 Å². The molecule has 0 aromatic carbocycles. The molecule has 1 atom stereocenters. The molecule has 0 fully saturated rings. The average Bonchev–Trinajstić information content (AvgIpc) is 2.24. The van der Waals surface area contributed by atoms with Crippen molar-refractivity contribution in [2.24, 2.45) is 0 Å². The highest BCUT2D eigenvalue weighted by Gasteiger charge is 2.24. The smallest absolute Gasteiger partial charge is 0.229 e. The predicted molar refractivity (Wildman–Crippen MR) is 91.1 cm³/mol. The van der Waals surface area contributed by atoms with Crippen molar-refractivity contribution < 1.29 is 14.1 Å². The standard InChI is InChI=1S/C16H34NO3P/c1-13(2)20-16(6,7)10-11-19-21(9)12-14(18)17(8)15(3,4)5/h13H,10-12H2,1-9H3. The van der Waals surface area contributed by atoms with Crippen molar-refractivity contribution in [3.63, 3.8) is 0 Å². The fraction of sp³-hybridized carbons (Fsp3) is 0.938. The maximum atomic E-state index is 12.1. The Hall–Kier alpha value is -0.180. The topological polar surface area (TPSA) is 38.8 Å². The Balaban J connectivity index is 4.12. The van der Waals surface area contributed by atoms with Crippen LogP contribution in [0.25, 0.3) is 0 Å². The molecule has 5 heteroatoms. The van der Waals surface area contributed by atoms with E-state index in [9.17, 15) is 4.79 Å². The summed E-state index contributed by atoms with van der Waals surface area (Å²) < 4.78 is 11.7. The summed E-state index contributed by atoms with van der Waals surface area (Å²) in [5.41, 5.74) is -0.323. The summed E-state index contributed by atoms with van der Waals surface area (Å²) in [6.07, 6.45) is 1.53. The predicted octanol–water partition coefficient (Wildman–Crippen LogP) is 3.88. The minimum atomic E-state index is -0.720. The minimum Gasteiger partial charge on any atom is -0.373 e. The summed E-state index contributed by atoms with van der Waals surface area (Å²) >= 11 is 0. The van der Waals surface area contributed by atoms with E-state index in [1.807, 2.05) is 48.3 Å². The van der Waals surface area contributed by atoms with Gasteiger partial charge in [-0.2, -0.15) is 0 Å². The van der Waals surface area contributed by atoms with E-state index < -0.39 is 8.15 Å². The van der Waals surface area contributed by atoms with Crippen molar-refractivity contribution in [2.45, 2.75) is 72.1 Å². The van der Waals surface area contributed by atoms with Gasteiger partial charge in [0, 0.05) is 20.7 Å². The van der Waals surface area contributed by atoms with Crippen LogP contribution < -0.4 is 0 Å². The third-order valence-corrected chi connectivity index (χ3v) is 4.65. The van der Waals surface area contributed by atoms with Crippen LogP contribution in [0.4, 0.5) is 0 Å². The maximum Gasteiger partial charge on any atom is 0.229 e. The molecule has 0 bridgehead atoms. The van der Waals surface area contributed by atoms with Gasteiger partial charge in [-0.25, -0.2) is 0 Å². The summed E-state index contributed by atoms with van der Waals surface area (Å²) in [5.74, 6) is 0.147. The Labute approximate surface area is 132 Å². The zero-order valence-corrected chi connectivity index (χ0v) is 16.2. The highest BCUT2D eigenvalue weighted by atomic mass is 31.1. The Bertz CT molecular complexity index is 324. The van der Waals surface area contributed by atoms with Crippen LogP contribution in [0.5, 0.6) is 0 Å². The van der Waals surface area contributed by atoms with Gasteiger partial charge in [-0.1, -0.05) is 0 Å². The van der Waals surface area contributed by atoms with Crippen molar-refractivity contribution in [3.05, 3.63) is 0 Å². The molecule has 0 heterocycles. The second kappa shape index (κ2) is 8.45. The summed E-state index contributed by atoms with van der Waals surface area (Å²) in [6.45, 7) is 17.0. The molecule has 4 nitrogen and oxygen atoms in total. The van der Waals surface area contributed by atoms with Crippen LogP contribution in [0.15, 0.2) is 0 Å². The van der Waals surface area contributed by atoms with E-state index in [1.165, 1.54) is 0 Å². The Morgan fingerprint density at radius 1 is 1.19 bits per heavy atom. The third kappa shape index (κ3) is 9.44. The van der Waals surface area contributed by atoms with Crippen molar-refractivity contribution in [2.75, 3.05) is 26.5 Å². The lowest BCUT2D eigenvalue weighted by Crippen LogP contribution is -2.43. The molecule has 0 spiro atoms. The van der Waals surface area contributed by atoms with E-state index in [0.29, 0.717) is 12.8 Å². The molecule has 0 radical (unpaired) electrons. The van der Waals surface area contributed by atoms with Crippen molar-refractivity contribution in [3.8, 4) is 0 Å². The Kier molecular flexibility index (Phi) is 8.38. The molecule has 0 aliphatic heterocycles. The van der Waals surface area contributed by atoms with Crippen molar-refractivity contribution in [1.29, 1.82) is 0 Å². The lowest BCUT2D eigenvalue weighted by Gasteiger charge is -2.33. The highest BCUT2D eigenvalue weighted by Crippen LogP contribution is 2.33. The molecule has 0 saturated carbocycles. The summed E-state index contributed by atoms with van der Waals surface area (Å²) in [4.78, 5) is 13.9. The number of rotatable bonds is 8. The molecule has 1 unspecified atom stereocenters. The van der Waals surface area contributed by atoms with Crippen molar-refractivity contribution >= 4 is 14.1 Å². The number of carbonyl (C=O) groups is 1. The van der Waals surface area contributed by atoms with Crippen LogP contribution in [0.2, 0.25) is 0 Å². The second-order valence-corrected chi connectivity index (χ2v) is 9.25. The molecule has 1 amide bonds. The quantitative estimate of drug-likeness (QED) is 0.637. The van der Waals surface area contributed by atoms with Crippen LogP contribution in [-0.2, 0) is 14.1 Å². The molecule has 0 saturated heterocycles. The third-order valence-electron chi connectivity index (χ3n) is 3.31. The first kappa shape index (κ1) is 20.8. The monoisotopic (exact) mass is 319 g/mol. The van der Waals surface area contributed by atoms with Crippen LogP contribution >= 0.6 is 8.15 Å². The highest BCUT2D eigenvalue weighted by molar-refractivity contribution is 7.52. The number of nitrogens with zero attached hydrogens (tertiary/aromatic N) is 1. The second-order valence-electron chi connectivity index (χ2n) is 7.42. The Morgan fingerprint density at radius 3 is 2.14 bits per heavy atom. The fourth-order valence-corrected chi connectivity index (χ4v) is 2.95. The van der Waals surface area contributed by atoms with Gasteiger partial charge < -0.3 is 14.2 Å². The first-order valence-electron chi connectivity index (χ1n) is 7.63. The van der Waals surface area contributed by atoms with E-state index in [2.05, 4.69) is 13.8 Å². The summed E-state index contributed by atoms with van der Waals surface area (Å²) in [6, 6.07) is 0. The Morgan fingerprint density at radius 2 is 1.71 bits per heavy atom.